The molecule has 1 atom stereocenters. The number of carbonyl (C=O) groups is 2. The molecule has 126 valence electrons. The standard InChI is InChI=1S/C16H24N4O3/c1-11(16-18-15(19-23-16)12-6-7-12)17-13(21)8-10-20-9-4-2-3-5-14(20)22/h11-12H,2-10H2,1H3,(H,17,21)/t11-/m1/s1. The van der Waals surface area contributed by atoms with E-state index >= 15 is 0 Å². The molecule has 7 heteroatoms. The first-order valence-corrected chi connectivity index (χ1v) is 8.54. The summed E-state index contributed by atoms with van der Waals surface area (Å²) >= 11 is 0. The molecule has 1 aromatic heterocycles. The van der Waals surface area contributed by atoms with E-state index in [4.69, 9.17) is 4.52 Å². The minimum absolute atomic E-state index is 0.0966. The van der Waals surface area contributed by atoms with Crippen molar-refractivity contribution in [3.05, 3.63) is 11.7 Å². The van der Waals surface area contributed by atoms with E-state index in [-0.39, 0.29) is 17.9 Å². The van der Waals surface area contributed by atoms with E-state index in [0.717, 1.165) is 44.5 Å². The second-order valence-corrected chi connectivity index (χ2v) is 6.50. The maximum absolute atomic E-state index is 12.1. The van der Waals surface area contributed by atoms with Crippen LogP contribution in [0, 0.1) is 0 Å². The number of hydrogen-bond acceptors (Lipinski definition) is 5. The van der Waals surface area contributed by atoms with Crippen molar-refractivity contribution in [3.8, 4) is 0 Å². The molecule has 2 fully saturated rings. The minimum atomic E-state index is -0.303. The highest BCUT2D eigenvalue weighted by atomic mass is 16.5. The van der Waals surface area contributed by atoms with Crippen molar-refractivity contribution in [1.29, 1.82) is 0 Å². The number of rotatable bonds is 6. The Morgan fingerprint density at radius 2 is 2.22 bits per heavy atom. The van der Waals surface area contributed by atoms with Gasteiger partial charge in [0.15, 0.2) is 5.82 Å². The summed E-state index contributed by atoms with van der Waals surface area (Å²) in [6.45, 7) is 3.07. The smallest absolute Gasteiger partial charge is 0.248 e. The third kappa shape index (κ3) is 4.30. The Bertz CT molecular complexity index is 567. The predicted molar refractivity (Wildman–Crippen MR) is 82.5 cm³/mol. The second kappa shape index (κ2) is 7.10. The van der Waals surface area contributed by atoms with E-state index in [1.165, 1.54) is 0 Å². The number of hydrogen-bond donors (Lipinski definition) is 1. The largest absolute Gasteiger partial charge is 0.345 e. The lowest BCUT2D eigenvalue weighted by molar-refractivity contribution is -0.131. The molecule has 1 aliphatic heterocycles. The number of aromatic nitrogens is 2. The molecular formula is C16H24N4O3. The molecule has 0 spiro atoms. The molecule has 1 saturated carbocycles. The van der Waals surface area contributed by atoms with Crippen LogP contribution in [0.5, 0.6) is 0 Å². The van der Waals surface area contributed by atoms with Crippen LogP contribution >= 0.6 is 0 Å². The van der Waals surface area contributed by atoms with Gasteiger partial charge in [-0.05, 0) is 32.6 Å². The topological polar surface area (TPSA) is 88.3 Å². The molecule has 1 aliphatic carbocycles. The van der Waals surface area contributed by atoms with E-state index in [2.05, 4.69) is 15.5 Å². The summed E-state index contributed by atoms with van der Waals surface area (Å²) in [5.41, 5.74) is 0. The number of likely N-dealkylation sites (tertiary alicyclic amines) is 1. The third-order valence-electron chi connectivity index (χ3n) is 4.43. The van der Waals surface area contributed by atoms with Gasteiger partial charge in [-0.25, -0.2) is 0 Å². The molecule has 2 heterocycles. The zero-order valence-corrected chi connectivity index (χ0v) is 13.6. The molecule has 2 amide bonds. The van der Waals surface area contributed by atoms with Crippen molar-refractivity contribution < 1.29 is 14.1 Å². The molecule has 7 nitrogen and oxygen atoms in total. The number of nitrogens with zero attached hydrogens (tertiary/aromatic N) is 3. The SMILES string of the molecule is C[C@@H](NC(=O)CCN1CCCCCC1=O)c1nc(C2CC2)no1. The van der Waals surface area contributed by atoms with Crippen LogP contribution in [-0.2, 0) is 9.59 Å². The Morgan fingerprint density at radius 1 is 1.39 bits per heavy atom. The van der Waals surface area contributed by atoms with Gasteiger partial charge in [0.1, 0.15) is 6.04 Å². The van der Waals surface area contributed by atoms with Crippen LogP contribution in [0.4, 0.5) is 0 Å². The number of nitrogens with one attached hydrogen (secondary N) is 1. The molecule has 3 rings (SSSR count). The predicted octanol–water partition coefficient (Wildman–Crippen LogP) is 1.92. The molecular weight excluding hydrogens is 296 g/mol. The zero-order valence-electron chi connectivity index (χ0n) is 13.6. The Balaban J connectivity index is 1.45. The molecule has 0 unspecified atom stereocenters. The first-order valence-electron chi connectivity index (χ1n) is 8.54. The van der Waals surface area contributed by atoms with Crippen LogP contribution in [0.15, 0.2) is 4.52 Å². The third-order valence-corrected chi connectivity index (χ3v) is 4.43. The molecule has 2 aliphatic rings. The van der Waals surface area contributed by atoms with E-state index in [9.17, 15) is 9.59 Å². The van der Waals surface area contributed by atoms with Crippen LogP contribution in [0.2, 0.25) is 0 Å². The van der Waals surface area contributed by atoms with Crippen LogP contribution in [0.25, 0.3) is 0 Å². The minimum Gasteiger partial charge on any atom is -0.345 e. The van der Waals surface area contributed by atoms with Crippen molar-refractivity contribution in [2.24, 2.45) is 0 Å². The van der Waals surface area contributed by atoms with Crippen molar-refractivity contribution in [2.45, 2.75) is 63.8 Å². The van der Waals surface area contributed by atoms with Crippen molar-refractivity contribution in [2.75, 3.05) is 13.1 Å². The lowest BCUT2D eigenvalue weighted by Crippen LogP contribution is -2.35. The Morgan fingerprint density at radius 3 is 3.00 bits per heavy atom. The van der Waals surface area contributed by atoms with E-state index in [0.29, 0.717) is 31.2 Å². The highest BCUT2D eigenvalue weighted by molar-refractivity contribution is 5.79. The monoisotopic (exact) mass is 320 g/mol. The van der Waals surface area contributed by atoms with Crippen molar-refractivity contribution in [1.82, 2.24) is 20.4 Å². The summed E-state index contributed by atoms with van der Waals surface area (Å²) < 4.78 is 5.22. The van der Waals surface area contributed by atoms with Crippen molar-refractivity contribution >= 4 is 11.8 Å². The Hall–Kier alpha value is -1.92. The summed E-state index contributed by atoms with van der Waals surface area (Å²) in [5.74, 6) is 1.70. The lowest BCUT2D eigenvalue weighted by atomic mass is 10.2. The average molecular weight is 320 g/mol. The van der Waals surface area contributed by atoms with Crippen LogP contribution in [-0.4, -0.2) is 39.9 Å². The van der Waals surface area contributed by atoms with Gasteiger partial charge >= 0.3 is 0 Å². The van der Waals surface area contributed by atoms with Gasteiger partial charge in [-0.2, -0.15) is 4.98 Å². The van der Waals surface area contributed by atoms with Gasteiger partial charge < -0.3 is 14.7 Å². The van der Waals surface area contributed by atoms with E-state index in [1.807, 2.05) is 6.92 Å². The van der Waals surface area contributed by atoms with E-state index < -0.39 is 0 Å². The second-order valence-electron chi connectivity index (χ2n) is 6.50. The van der Waals surface area contributed by atoms with Gasteiger partial charge in [0.25, 0.3) is 0 Å². The Labute approximate surface area is 135 Å². The summed E-state index contributed by atoms with van der Waals surface area (Å²) in [4.78, 5) is 30.1. The van der Waals surface area contributed by atoms with Gasteiger partial charge in [0, 0.05) is 31.8 Å². The molecule has 1 aromatic rings. The van der Waals surface area contributed by atoms with Crippen LogP contribution in [0.3, 0.4) is 0 Å². The molecule has 1 saturated heterocycles. The van der Waals surface area contributed by atoms with Crippen molar-refractivity contribution in [3.63, 3.8) is 0 Å². The fourth-order valence-electron chi connectivity index (χ4n) is 2.82. The lowest BCUT2D eigenvalue weighted by Gasteiger charge is -2.20. The summed E-state index contributed by atoms with van der Waals surface area (Å²) in [6.07, 6.45) is 6.21. The van der Waals surface area contributed by atoms with Gasteiger partial charge in [0.2, 0.25) is 17.7 Å². The molecule has 0 bridgehead atoms. The van der Waals surface area contributed by atoms with Gasteiger partial charge in [-0.15, -0.1) is 0 Å². The fourth-order valence-corrected chi connectivity index (χ4v) is 2.82. The van der Waals surface area contributed by atoms with Crippen LogP contribution < -0.4 is 5.32 Å². The molecule has 0 radical (unpaired) electrons. The first kappa shape index (κ1) is 16.0. The molecule has 0 aromatic carbocycles. The number of amides is 2. The maximum atomic E-state index is 12.1. The number of carbonyl (C=O) groups excluding carboxylic acids is 2. The van der Waals surface area contributed by atoms with Gasteiger partial charge in [0.05, 0.1) is 0 Å². The quantitative estimate of drug-likeness (QED) is 0.865. The van der Waals surface area contributed by atoms with Crippen LogP contribution in [0.1, 0.15) is 75.5 Å². The van der Waals surface area contributed by atoms with E-state index in [1.54, 1.807) is 4.90 Å². The van der Waals surface area contributed by atoms with Gasteiger partial charge in [-0.3, -0.25) is 9.59 Å². The average Bonchev–Trinajstić information content (AvgIpc) is 3.29. The van der Waals surface area contributed by atoms with Gasteiger partial charge in [-0.1, -0.05) is 11.6 Å². The first-order chi connectivity index (χ1) is 11.1. The Kier molecular flexibility index (Phi) is 4.93. The normalized spacial score (nSPS) is 20.2. The molecule has 23 heavy (non-hydrogen) atoms. The maximum Gasteiger partial charge on any atom is 0.248 e. The zero-order chi connectivity index (χ0) is 16.2. The summed E-state index contributed by atoms with van der Waals surface area (Å²) in [7, 11) is 0. The fraction of sp³-hybridized carbons (Fsp3) is 0.750. The highest BCUT2D eigenvalue weighted by Crippen LogP contribution is 2.38. The summed E-state index contributed by atoms with van der Waals surface area (Å²) in [5, 5.41) is 6.82. The summed E-state index contributed by atoms with van der Waals surface area (Å²) in [6, 6.07) is -0.303. The molecule has 1 N–H and O–H groups in total. The highest BCUT2D eigenvalue weighted by Gasteiger charge is 2.29.